The summed E-state index contributed by atoms with van der Waals surface area (Å²) in [6.07, 6.45) is 5.49. The number of aliphatic hydroxyl groups excluding tert-OH is 2. The second kappa shape index (κ2) is 5.28. The lowest BCUT2D eigenvalue weighted by atomic mass is 9.87. The zero-order chi connectivity index (χ0) is 11.4. The largest absolute Gasteiger partial charge is 0.396 e. The van der Waals surface area contributed by atoms with Gasteiger partial charge in [0.2, 0.25) is 0 Å². The van der Waals surface area contributed by atoms with Gasteiger partial charge in [-0.1, -0.05) is 26.7 Å². The number of hydrogen-bond donors (Lipinski definition) is 3. The minimum absolute atomic E-state index is 0.0508. The van der Waals surface area contributed by atoms with Crippen LogP contribution in [-0.2, 0) is 0 Å². The molecule has 0 aromatic heterocycles. The van der Waals surface area contributed by atoms with Crippen molar-refractivity contribution in [2.45, 2.75) is 51.5 Å². The molecular formula is C12H25NO2. The van der Waals surface area contributed by atoms with Gasteiger partial charge in [0.15, 0.2) is 0 Å². The highest BCUT2D eigenvalue weighted by atomic mass is 16.3. The summed E-state index contributed by atoms with van der Waals surface area (Å²) < 4.78 is 0. The van der Waals surface area contributed by atoms with E-state index in [0.29, 0.717) is 0 Å². The van der Waals surface area contributed by atoms with E-state index in [1.54, 1.807) is 0 Å². The van der Waals surface area contributed by atoms with Gasteiger partial charge in [0.25, 0.3) is 0 Å². The Balaban J connectivity index is 2.46. The normalized spacial score (nSPS) is 24.0. The molecule has 15 heavy (non-hydrogen) atoms. The Morgan fingerprint density at radius 2 is 1.87 bits per heavy atom. The molecule has 3 N–H and O–H groups in total. The maximum Gasteiger partial charge on any atom is 0.0613 e. The highest BCUT2D eigenvalue weighted by molar-refractivity contribution is 4.93. The Bertz CT molecular complexity index is 184. The van der Waals surface area contributed by atoms with E-state index >= 15 is 0 Å². The van der Waals surface area contributed by atoms with E-state index in [-0.39, 0.29) is 24.2 Å². The van der Waals surface area contributed by atoms with Crippen molar-refractivity contribution >= 4 is 0 Å². The van der Waals surface area contributed by atoms with Crippen LogP contribution < -0.4 is 5.32 Å². The van der Waals surface area contributed by atoms with E-state index in [1.807, 2.05) is 0 Å². The molecule has 3 heteroatoms. The second-order valence-electron chi connectivity index (χ2n) is 5.32. The lowest BCUT2D eigenvalue weighted by Crippen LogP contribution is -2.50. The number of hydrogen-bond acceptors (Lipinski definition) is 3. The first-order chi connectivity index (χ1) is 7.10. The Labute approximate surface area is 92.9 Å². The van der Waals surface area contributed by atoms with Gasteiger partial charge in [0.05, 0.1) is 6.61 Å². The van der Waals surface area contributed by atoms with Gasteiger partial charge in [-0.15, -0.1) is 0 Å². The van der Waals surface area contributed by atoms with Gasteiger partial charge >= 0.3 is 0 Å². The van der Waals surface area contributed by atoms with Crippen LogP contribution in [0.25, 0.3) is 0 Å². The summed E-state index contributed by atoms with van der Waals surface area (Å²) >= 11 is 0. The molecule has 0 bridgehead atoms. The molecular weight excluding hydrogens is 190 g/mol. The van der Waals surface area contributed by atoms with Crippen LogP contribution in [0.15, 0.2) is 0 Å². The van der Waals surface area contributed by atoms with Gasteiger partial charge in [-0.05, 0) is 19.3 Å². The monoisotopic (exact) mass is 215 g/mol. The maximum absolute atomic E-state index is 9.43. The van der Waals surface area contributed by atoms with Crippen LogP contribution in [0.1, 0.15) is 46.0 Å². The fourth-order valence-corrected chi connectivity index (χ4v) is 2.14. The van der Waals surface area contributed by atoms with Gasteiger partial charge in [-0.25, -0.2) is 0 Å². The summed E-state index contributed by atoms with van der Waals surface area (Å²) in [7, 11) is 0. The fourth-order valence-electron chi connectivity index (χ4n) is 2.14. The van der Waals surface area contributed by atoms with Gasteiger partial charge in [0.1, 0.15) is 0 Å². The fraction of sp³-hybridized carbons (Fsp3) is 1.00. The summed E-state index contributed by atoms with van der Waals surface area (Å²) in [6.45, 7) is 5.40. The van der Waals surface area contributed by atoms with E-state index in [9.17, 15) is 10.2 Å². The summed E-state index contributed by atoms with van der Waals surface area (Å²) in [4.78, 5) is 0. The minimum atomic E-state index is -0.0639. The zero-order valence-electron chi connectivity index (χ0n) is 10.1. The van der Waals surface area contributed by atoms with Crippen LogP contribution in [0.2, 0.25) is 0 Å². The van der Waals surface area contributed by atoms with E-state index < -0.39 is 0 Å². The topological polar surface area (TPSA) is 52.5 Å². The molecule has 1 rings (SSSR count). The van der Waals surface area contributed by atoms with Crippen LogP contribution >= 0.6 is 0 Å². The Hall–Kier alpha value is -0.120. The smallest absolute Gasteiger partial charge is 0.0613 e. The average Bonchev–Trinajstić information content (AvgIpc) is 2.75. The average molecular weight is 215 g/mol. The summed E-state index contributed by atoms with van der Waals surface area (Å²) in [5.74, 6) is 0. The molecule has 0 amide bonds. The summed E-state index contributed by atoms with van der Waals surface area (Å²) in [6, 6.07) is 0. The molecule has 0 aliphatic heterocycles. The minimum Gasteiger partial charge on any atom is -0.396 e. The molecule has 0 spiro atoms. The van der Waals surface area contributed by atoms with Crippen LogP contribution in [0.5, 0.6) is 0 Å². The highest BCUT2D eigenvalue weighted by Gasteiger charge is 2.34. The number of rotatable bonds is 6. The molecule has 0 saturated heterocycles. The quantitative estimate of drug-likeness (QED) is 0.626. The molecule has 90 valence electrons. The molecule has 0 aromatic rings. The van der Waals surface area contributed by atoms with Crippen molar-refractivity contribution in [3.05, 3.63) is 0 Å². The van der Waals surface area contributed by atoms with Gasteiger partial charge in [0, 0.05) is 24.1 Å². The van der Waals surface area contributed by atoms with Crippen LogP contribution in [0, 0.1) is 5.41 Å². The number of aliphatic hydroxyl groups is 2. The first-order valence-corrected chi connectivity index (χ1v) is 6.06. The van der Waals surface area contributed by atoms with Crippen molar-refractivity contribution in [3.8, 4) is 0 Å². The lowest BCUT2D eigenvalue weighted by molar-refractivity contribution is 0.102. The van der Waals surface area contributed by atoms with Gasteiger partial charge in [-0.2, -0.15) is 0 Å². The highest BCUT2D eigenvalue weighted by Crippen LogP contribution is 2.30. The lowest BCUT2D eigenvalue weighted by Gasteiger charge is -2.34. The predicted octanol–water partition coefficient (Wildman–Crippen LogP) is 1.29. The molecule has 1 unspecified atom stereocenters. The Morgan fingerprint density at radius 3 is 2.27 bits per heavy atom. The molecule has 0 aromatic carbocycles. The predicted molar refractivity (Wildman–Crippen MR) is 61.8 cm³/mol. The maximum atomic E-state index is 9.43. The van der Waals surface area contributed by atoms with Gasteiger partial charge in [-0.3, -0.25) is 0 Å². The van der Waals surface area contributed by atoms with Crippen LogP contribution in [0.4, 0.5) is 0 Å². The first kappa shape index (κ1) is 12.9. The molecule has 1 fully saturated rings. The van der Waals surface area contributed by atoms with Crippen molar-refractivity contribution in [2.24, 2.45) is 5.41 Å². The third kappa shape index (κ3) is 3.16. The third-order valence-corrected chi connectivity index (χ3v) is 3.99. The summed E-state index contributed by atoms with van der Waals surface area (Å²) in [5, 5.41) is 22.2. The van der Waals surface area contributed by atoms with E-state index in [1.165, 1.54) is 12.8 Å². The first-order valence-electron chi connectivity index (χ1n) is 6.06. The molecule has 0 heterocycles. The second-order valence-corrected chi connectivity index (χ2v) is 5.32. The Kier molecular flexibility index (Phi) is 4.56. The zero-order valence-corrected chi connectivity index (χ0v) is 10.1. The van der Waals surface area contributed by atoms with Crippen molar-refractivity contribution in [3.63, 3.8) is 0 Å². The molecule has 1 aliphatic rings. The van der Waals surface area contributed by atoms with Crippen LogP contribution in [0.3, 0.4) is 0 Å². The molecule has 3 nitrogen and oxygen atoms in total. The van der Waals surface area contributed by atoms with Crippen LogP contribution in [-0.4, -0.2) is 35.5 Å². The molecule has 1 atom stereocenters. The van der Waals surface area contributed by atoms with E-state index in [2.05, 4.69) is 19.2 Å². The van der Waals surface area contributed by atoms with Crippen molar-refractivity contribution < 1.29 is 10.2 Å². The SMILES string of the molecule is CCC(C)(CO)CNC1(CO)CCCC1. The van der Waals surface area contributed by atoms with Crippen molar-refractivity contribution in [1.29, 1.82) is 0 Å². The standard InChI is InChI=1S/C12H25NO2/c1-3-11(2,9-14)8-13-12(10-15)6-4-5-7-12/h13-15H,3-10H2,1-2H3. The third-order valence-electron chi connectivity index (χ3n) is 3.99. The molecule has 0 radical (unpaired) electrons. The van der Waals surface area contributed by atoms with Gasteiger partial charge < -0.3 is 15.5 Å². The van der Waals surface area contributed by atoms with Crippen molar-refractivity contribution in [1.82, 2.24) is 5.32 Å². The number of nitrogens with one attached hydrogen (secondary N) is 1. The summed E-state index contributed by atoms with van der Waals surface area (Å²) in [5.41, 5.74) is -0.115. The molecule has 1 aliphatic carbocycles. The molecule has 1 saturated carbocycles. The van der Waals surface area contributed by atoms with E-state index in [0.717, 1.165) is 25.8 Å². The van der Waals surface area contributed by atoms with E-state index in [4.69, 9.17) is 0 Å². The Morgan fingerprint density at radius 1 is 1.27 bits per heavy atom. The van der Waals surface area contributed by atoms with Crippen molar-refractivity contribution in [2.75, 3.05) is 19.8 Å².